The number of nitrogens with zero attached hydrogens (tertiary/aromatic N) is 2. The number of urea groups is 1. The maximum Gasteiger partial charge on any atom is 0.321 e. The molecule has 3 N–H and O–H groups in total. The molecule has 0 fully saturated rings. The monoisotopic (exact) mass is 517 g/mol. The summed E-state index contributed by atoms with van der Waals surface area (Å²) in [5.41, 5.74) is 4.22. The Hall–Kier alpha value is -3.67. The summed E-state index contributed by atoms with van der Waals surface area (Å²) in [7, 11) is -0.840. The normalized spacial score (nSPS) is 12.7. The van der Waals surface area contributed by atoms with Gasteiger partial charge in [-0.15, -0.1) is 0 Å². The number of carbonyl (C=O) groups excluding carboxylic acids is 2. The van der Waals surface area contributed by atoms with E-state index in [1.54, 1.807) is 26.2 Å². The highest BCUT2D eigenvalue weighted by atomic mass is 35.5. The fourth-order valence-corrected chi connectivity index (χ4v) is 5.00. The number of hydrogen-bond donors (Lipinski definition) is 3. The number of anilines is 3. The lowest BCUT2D eigenvalue weighted by Crippen LogP contribution is -2.38. The van der Waals surface area contributed by atoms with Crippen molar-refractivity contribution in [2.75, 3.05) is 29.1 Å². The molecular formula is C23H21ClFN5O4S. The Kier molecular flexibility index (Phi) is 6.66. The second-order valence-electron chi connectivity index (χ2n) is 7.85. The third kappa shape index (κ3) is 4.92. The van der Waals surface area contributed by atoms with Crippen molar-refractivity contribution in [1.82, 2.24) is 10.3 Å². The van der Waals surface area contributed by atoms with Crippen LogP contribution in [0.1, 0.15) is 15.9 Å². The zero-order valence-corrected chi connectivity index (χ0v) is 20.2. The maximum atomic E-state index is 14.1. The van der Waals surface area contributed by atoms with Crippen molar-refractivity contribution >= 4 is 50.6 Å². The summed E-state index contributed by atoms with van der Waals surface area (Å²) in [6, 6.07) is 14.0. The van der Waals surface area contributed by atoms with Crippen LogP contribution in [0.25, 0.3) is 0 Å². The minimum Gasteiger partial charge on any atom is -0.331 e. The minimum absolute atomic E-state index is 0.00622. The van der Waals surface area contributed by atoms with Crippen LogP contribution < -0.4 is 20.5 Å². The smallest absolute Gasteiger partial charge is 0.321 e. The third-order valence-corrected chi connectivity index (χ3v) is 7.20. The summed E-state index contributed by atoms with van der Waals surface area (Å²) in [6.07, 6.45) is 0. The van der Waals surface area contributed by atoms with Gasteiger partial charge < -0.3 is 15.5 Å². The van der Waals surface area contributed by atoms with Crippen LogP contribution in [-0.2, 0) is 16.6 Å². The van der Waals surface area contributed by atoms with E-state index in [4.69, 9.17) is 11.6 Å². The molecule has 1 aliphatic heterocycles. The van der Waals surface area contributed by atoms with Gasteiger partial charge in [-0.2, -0.15) is 12.8 Å². The van der Waals surface area contributed by atoms with Crippen LogP contribution in [0.3, 0.4) is 0 Å². The van der Waals surface area contributed by atoms with Crippen LogP contribution in [0.2, 0.25) is 5.02 Å². The Morgan fingerprint density at radius 1 is 1.03 bits per heavy atom. The van der Waals surface area contributed by atoms with Gasteiger partial charge in [-0.1, -0.05) is 23.7 Å². The summed E-state index contributed by atoms with van der Waals surface area (Å²) < 4.78 is 41.7. The van der Waals surface area contributed by atoms with Crippen LogP contribution >= 0.6 is 11.6 Å². The van der Waals surface area contributed by atoms with Gasteiger partial charge in [0, 0.05) is 32.0 Å². The third-order valence-electron chi connectivity index (χ3n) is 5.21. The van der Waals surface area contributed by atoms with E-state index in [1.165, 1.54) is 47.4 Å². The number of hydrazine groups is 1. The van der Waals surface area contributed by atoms with Gasteiger partial charge in [0.2, 0.25) is 0 Å². The molecule has 1 heterocycles. The molecule has 0 aliphatic carbocycles. The van der Waals surface area contributed by atoms with Gasteiger partial charge in [-0.3, -0.25) is 4.79 Å². The van der Waals surface area contributed by atoms with E-state index in [1.807, 2.05) is 0 Å². The zero-order valence-electron chi connectivity index (χ0n) is 18.7. The lowest BCUT2D eigenvalue weighted by atomic mass is 10.1. The van der Waals surface area contributed by atoms with Crippen LogP contribution in [0.5, 0.6) is 0 Å². The first-order chi connectivity index (χ1) is 16.6. The molecular weight excluding hydrogens is 497 g/mol. The van der Waals surface area contributed by atoms with E-state index in [0.717, 1.165) is 10.5 Å². The number of amides is 3. The highest BCUT2D eigenvalue weighted by molar-refractivity contribution is 7.92. The molecule has 35 heavy (non-hydrogen) atoms. The number of halogens is 2. The van der Waals surface area contributed by atoms with Crippen molar-refractivity contribution in [3.05, 3.63) is 82.6 Å². The topological polar surface area (TPSA) is 111 Å². The Balaban J connectivity index is 1.57. The quantitative estimate of drug-likeness (QED) is 0.473. The lowest BCUT2D eigenvalue weighted by Gasteiger charge is -2.20. The van der Waals surface area contributed by atoms with Crippen LogP contribution in [0.4, 0.5) is 26.2 Å². The van der Waals surface area contributed by atoms with Crippen LogP contribution in [0, 0.1) is 5.82 Å². The van der Waals surface area contributed by atoms with Crippen molar-refractivity contribution in [3.8, 4) is 0 Å². The predicted molar refractivity (Wildman–Crippen MR) is 131 cm³/mol. The average molecular weight is 518 g/mol. The van der Waals surface area contributed by atoms with Gasteiger partial charge in [0.05, 0.1) is 21.2 Å². The van der Waals surface area contributed by atoms with Gasteiger partial charge in [0.15, 0.2) is 0 Å². The first kappa shape index (κ1) is 24.5. The SMILES string of the molecule is CN(C)C(=O)Nc1ccc(S(=O)(=O)N2NCc3ccc(NC(=O)c4c(F)cccc4Cl)cc32)cc1. The molecule has 0 aromatic heterocycles. The van der Waals surface area contributed by atoms with Gasteiger partial charge in [0.25, 0.3) is 15.9 Å². The molecule has 3 aromatic carbocycles. The average Bonchev–Trinajstić information content (AvgIpc) is 3.23. The number of rotatable bonds is 5. The number of sulfonamides is 1. The van der Waals surface area contributed by atoms with Gasteiger partial charge in [-0.05, 0) is 54.1 Å². The first-order valence-corrected chi connectivity index (χ1v) is 12.2. The first-order valence-electron chi connectivity index (χ1n) is 10.3. The van der Waals surface area contributed by atoms with Crippen LogP contribution in [0.15, 0.2) is 65.6 Å². The molecule has 182 valence electrons. The van der Waals surface area contributed by atoms with Gasteiger partial charge >= 0.3 is 6.03 Å². The molecule has 4 rings (SSSR count). The van der Waals surface area contributed by atoms with Crippen molar-refractivity contribution in [2.45, 2.75) is 11.4 Å². The summed E-state index contributed by atoms with van der Waals surface area (Å²) in [5, 5.41) is 5.16. The molecule has 0 bridgehead atoms. The minimum atomic E-state index is -4.02. The number of fused-ring (bicyclic) bond motifs is 1. The Morgan fingerprint density at radius 2 is 1.71 bits per heavy atom. The number of hydrogen-bond acceptors (Lipinski definition) is 5. The fourth-order valence-electron chi connectivity index (χ4n) is 3.40. The molecule has 0 saturated carbocycles. The largest absolute Gasteiger partial charge is 0.331 e. The Bertz CT molecular complexity index is 1390. The van der Waals surface area contributed by atoms with E-state index in [-0.39, 0.29) is 33.7 Å². The maximum absolute atomic E-state index is 14.1. The number of nitrogens with one attached hydrogen (secondary N) is 3. The Labute approximate surface area is 206 Å². The molecule has 0 radical (unpaired) electrons. The molecule has 3 amide bonds. The summed E-state index contributed by atoms with van der Waals surface area (Å²) in [6.45, 7) is 0.249. The molecule has 0 atom stereocenters. The van der Waals surface area contributed by atoms with Crippen molar-refractivity contribution in [3.63, 3.8) is 0 Å². The van der Waals surface area contributed by atoms with Crippen molar-refractivity contribution < 1.29 is 22.4 Å². The van der Waals surface area contributed by atoms with E-state index in [9.17, 15) is 22.4 Å². The van der Waals surface area contributed by atoms with Crippen molar-refractivity contribution in [2.24, 2.45) is 0 Å². The fraction of sp³-hybridized carbons (Fsp3) is 0.130. The summed E-state index contributed by atoms with van der Waals surface area (Å²) >= 11 is 5.97. The van der Waals surface area contributed by atoms with E-state index >= 15 is 0 Å². The highest BCUT2D eigenvalue weighted by Crippen LogP contribution is 2.33. The predicted octanol–water partition coefficient (Wildman–Crippen LogP) is 4.04. The molecule has 1 aliphatic rings. The Morgan fingerprint density at radius 3 is 2.37 bits per heavy atom. The number of benzene rings is 3. The second-order valence-corrected chi connectivity index (χ2v) is 10.0. The molecule has 0 saturated heterocycles. The summed E-state index contributed by atoms with van der Waals surface area (Å²) in [5.74, 6) is -1.53. The van der Waals surface area contributed by atoms with Gasteiger partial charge in [0.1, 0.15) is 5.82 Å². The summed E-state index contributed by atoms with van der Waals surface area (Å²) in [4.78, 5) is 25.7. The molecule has 0 unspecified atom stereocenters. The second kappa shape index (κ2) is 9.53. The lowest BCUT2D eigenvalue weighted by molar-refractivity contribution is 0.102. The number of carbonyl (C=O) groups is 2. The molecule has 0 spiro atoms. The van der Waals surface area contributed by atoms with E-state index in [2.05, 4.69) is 16.1 Å². The molecule has 3 aromatic rings. The van der Waals surface area contributed by atoms with E-state index in [0.29, 0.717) is 16.9 Å². The van der Waals surface area contributed by atoms with Crippen LogP contribution in [-0.4, -0.2) is 39.4 Å². The van der Waals surface area contributed by atoms with Gasteiger partial charge in [-0.25, -0.2) is 14.6 Å². The zero-order chi connectivity index (χ0) is 25.3. The molecule has 12 heteroatoms. The molecule has 9 nitrogen and oxygen atoms in total. The van der Waals surface area contributed by atoms with Crippen molar-refractivity contribution in [1.29, 1.82) is 0 Å². The standard InChI is InChI=1S/C23H21ClFN5O4S/c1-29(2)23(32)28-15-8-10-17(11-9-15)35(33,34)30-20-12-16(7-6-14(20)13-26-30)27-22(31)21-18(24)4-3-5-19(21)25/h3-12,26H,13H2,1-2H3,(H,27,31)(H,28,32). The highest BCUT2D eigenvalue weighted by Gasteiger charge is 2.31. The van der Waals surface area contributed by atoms with E-state index < -0.39 is 21.7 Å².